The van der Waals surface area contributed by atoms with Gasteiger partial charge in [0.15, 0.2) is 5.82 Å². The lowest BCUT2D eigenvalue weighted by Crippen LogP contribution is -2.42. The molecule has 1 aliphatic heterocycles. The first-order valence-electron chi connectivity index (χ1n) is 11.3. The van der Waals surface area contributed by atoms with Gasteiger partial charge >= 0.3 is 0 Å². The standard InChI is InChI=1S/C23H26N8S/c1-30-14-16(11-26-30)31-10-4-5-15(13-31)27-22-20-17-6-2-3-7-19(17)32-23(20)29-21(28-22)18-12-24-8-9-25-18/h8-9,11-12,14-15H,2-7,10,13H2,1H3,(H,27,28,29). The van der Waals surface area contributed by atoms with Gasteiger partial charge in [0, 0.05) is 49.6 Å². The second-order valence-electron chi connectivity index (χ2n) is 8.68. The second-order valence-corrected chi connectivity index (χ2v) is 9.76. The molecule has 8 nitrogen and oxygen atoms in total. The van der Waals surface area contributed by atoms with Gasteiger partial charge in [-0.05, 0) is 44.1 Å². The molecule has 1 atom stereocenters. The molecule has 1 unspecified atom stereocenters. The summed E-state index contributed by atoms with van der Waals surface area (Å²) < 4.78 is 1.87. The molecule has 0 bridgehead atoms. The number of nitrogens with zero attached hydrogens (tertiary/aromatic N) is 7. The summed E-state index contributed by atoms with van der Waals surface area (Å²) in [5.41, 5.74) is 3.34. The highest BCUT2D eigenvalue weighted by atomic mass is 32.1. The first kappa shape index (κ1) is 19.6. The molecular weight excluding hydrogens is 420 g/mol. The first-order chi connectivity index (χ1) is 15.7. The Balaban J connectivity index is 1.38. The summed E-state index contributed by atoms with van der Waals surface area (Å²) >= 11 is 1.82. The van der Waals surface area contributed by atoms with Crippen molar-refractivity contribution >= 4 is 33.1 Å². The largest absolute Gasteiger partial charge is 0.367 e. The summed E-state index contributed by atoms with van der Waals surface area (Å²) in [6.45, 7) is 1.99. The highest BCUT2D eigenvalue weighted by Crippen LogP contribution is 2.40. The average Bonchev–Trinajstić information content (AvgIpc) is 3.43. The van der Waals surface area contributed by atoms with Crippen molar-refractivity contribution in [2.75, 3.05) is 23.3 Å². The van der Waals surface area contributed by atoms with Crippen LogP contribution >= 0.6 is 11.3 Å². The molecule has 1 aliphatic carbocycles. The molecule has 5 heterocycles. The number of hydrogen-bond donors (Lipinski definition) is 1. The average molecular weight is 447 g/mol. The third-order valence-corrected chi connectivity index (χ3v) is 7.61. The van der Waals surface area contributed by atoms with Crippen LogP contribution in [0.3, 0.4) is 0 Å². The molecule has 1 N–H and O–H groups in total. The number of aryl methyl sites for hydroxylation is 3. The van der Waals surface area contributed by atoms with Crippen LogP contribution in [0.25, 0.3) is 21.7 Å². The van der Waals surface area contributed by atoms with Crippen molar-refractivity contribution in [1.29, 1.82) is 0 Å². The molecule has 9 heteroatoms. The minimum absolute atomic E-state index is 0.316. The Labute approximate surface area is 190 Å². The number of thiophene rings is 1. The van der Waals surface area contributed by atoms with Crippen LogP contribution in [0.2, 0.25) is 0 Å². The molecular formula is C23H26N8S. The highest BCUT2D eigenvalue weighted by Gasteiger charge is 2.26. The van der Waals surface area contributed by atoms with Crippen molar-refractivity contribution in [2.24, 2.45) is 7.05 Å². The van der Waals surface area contributed by atoms with Crippen LogP contribution in [0.4, 0.5) is 11.5 Å². The van der Waals surface area contributed by atoms with Gasteiger partial charge in [-0.25, -0.2) is 15.0 Å². The lowest BCUT2D eigenvalue weighted by Gasteiger charge is -2.34. The van der Waals surface area contributed by atoms with Gasteiger partial charge in [-0.3, -0.25) is 9.67 Å². The molecule has 0 spiro atoms. The number of piperidine rings is 1. The molecule has 32 heavy (non-hydrogen) atoms. The topological polar surface area (TPSA) is 84.7 Å². The zero-order chi connectivity index (χ0) is 21.5. The van der Waals surface area contributed by atoms with E-state index in [-0.39, 0.29) is 0 Å². The van der Waals surface area contributed by atoms with Gasteiger partial charge in [0.25, 0.3) is 0 Å². The van der Waals surface area contributed by atoms with Crippen LogP contribution in [-0.4, -0.2) is 48.8 Å². The van der Waals surface area contributed by atoms with Gasteiger partial charge in [-0.1, -0.05) is 0 Å². The van der Waals surface area contributed by atoms with Gasteiger partial charge < -0.3 is 10.2 Å². The number of anilines is 2. The van der Waals surface area contributed by atoms with Crippen molar-refractivity contribution < 1.29 is 0 Å². The Morgan fingerprint density at radius 1 is 1.09 bits per heavy atom. The van der Waals surface area contributed by atoms with E-state index in [4.69, 9.17) is 9.97 Å². The Hall–Kier alpha value is -3.07. The number of nitrogens with one attached hydrogen (secondary N) is 1. The van der Waals surface area contributed by atoms with E-state index in [0.29, 0.717) is 17.6 Å². The third-order valence-electron chi connectivity index (χ3n) is 6.43. The summed E-state index contributed by atoms with van der Waals surface area (Å²) in [4.78, 5) is 23.5. The number of hydrogen-bond acceptors (Lipinski definition) is 8. The fourth-order valence-electron chi connectivity index (χ4n) is 4.89. The third kappa shape index (κ3) is 3.60. The second kappa shape index (κ2) is 8.12. The van der Waals surface area contributed by atoms with Crippen molar-refractivity contribution in [1.82, 2.24) is 29.7 Å². The molecule has 1 saturated heterocycles. The maximum atomic E-state index is 4.99. The van der Waals surface area contributed by atoms with Crippen molar-refractivity contribution in [2.45, 2.75) is 44.6 Å². The minimum Gasteiger partial charge on any atom is -0.367 e. The van der Waals surface area contributed by atoms with E-state index >= 15 is 0 Å². The van der Waals surface area contributed by atoms with E-state index in [9.17, 15) is 0 Å². The van der Waals surface area contributed by atoms with Crippen molar-refractivity contribution in [3.8, 4) is 11.5 Å². The molecule has 2 aliphatic rings. The molecule has 4 aromatic rings. The van der Waals surface area contributed by atoms with Crippen LogP contribution in [0.5, 0.6) is 0 Å². The van der Waals surface area contributed by atoms with Crippen molar-refractivity contribution in [3.05, 3.63) is 41.4 Å². The summed E-state index contributed by atoms with van der Waals surface area (Å²) in [6.07, 6.45) is 16.2. The molecule has 0 aromatic carbocycles. The highest BCUT2D eigenvalue weighted by molar-refractivity contribution is 7.19. The molecule has 1 fully saturated rings. The van der Waals surface area contributed by atoms with Crippen LogP contribution in [0, 0.1) is 0 Å². The molecule has 0 amide bonds. The normalized spacial score (nSPS) is 18.7. The maximum absolute atomic E-state index is 4.99. The maximum Gasteiger partial charge on any atom is 0.183 e. The van der Waals surface area contributed by atoms with Gasteiger partial charge in [0.1, 0.15) is 16.3 Å². The molecule has 0 radical (unpaired) electrons. The SMILES string of the molecule is Cn1cc(N2CCCC(Nc3nc(-c4cnccn4)nc4sc5c(c34)CCCC5)C2)cn1. The molecule has 0 saturated carbocycles. The van der Waals surface area contributed by atoms with Gasteiger partial charge in [0.05, 0.1) is 23.5 Å². The van der Waals surface area contributed by atoms with Gasteiger partial charge in [-0.2, -0.15) is 5.10 Å². The predicted octanol–water partition coefficient (Wildman–Crippen LogP) is 3.84. The van der Waals surface area contributed by atoms with E-state index in [0.717, 1.165) is 49.4 Å². The number of aromatic nitrogens is 6. The van der Waals surface area contributed by atoms with E-state index in [1.54, 1.807) is 18.6 Å². The van der Waals surface area contributed by atoms with Gasteiger partial charge in [0.2, 0.25) is 0 Å². The Bertz CT molecular complexity index is 1250. The zero-order valence-electron chi connectivity index (χ0n) is 18.2. The van der Waals surface area contributed by atoms with Crippen LogP contribution in [0.1, 0.15) is 36.1 Å². The summed E-state index contributed by atoms with van der Waals surface area (Å²) in [5, 5.41) is 9.38. The minimum atomic E-state index is 0.316. The number of fused-ring (bicyclic) bond motifs is 3. The van der Waals surface area contributed by atoms with Crippen LogP contribution in [-0.2, 0) is 19.9 Å². The van der Waals surface area contributed by atoms with E-state index in [1.807, 2.05) is 29.3 Å². The Kier molecular flexibility index (Phi) is 4.98. The quantitative estimate of drug-likeness (QED) is 0.510. The fraction of sp³-hybridized carbons (Fsp3) is 0.435. The molecule has 6 rings (SSSR count). The Morgan fingerprint density at radius 3 is 2.88 bits per heavy atom. The first-order valence-corrected chi connectivity index (χ1v) is 12.1. The fourth-order valence-corrected chi connectivity index (χ4v) is 6.15. The van der Waals surface area contributed by atoms with Crippen LogP contribution in [0.15, 0.2) is 31.0 Å². The van der Waals surface area contributed by atoms with Gasteiger partial charge in [-0.15, -0.1) is 11.3 Å². The summed E-state index contributed by atoms with van der Waals surface area (Å²) in [7, 11) is 1.97. The predicted molar refractivity (Wildman–Crippen MR) is 127 cm³/mol. The lowest BCUT2D eigenvalue weighted by atomic mass is 9.96. The van der Waals surface area contributed by atoms with E-state index < -0.39 is 0 Å². The summed E-state index contributed by atoms with van der Waals surface area (Å²) in [5.74, 6) is 1.60. The monoisotopic (exact) mass is 446 g/mol. The molecule has 164 valence electrons. The lowest BCUT2D eigenvalue weighted by molar-refractivity contribution is 0.529. The van der Waals surface area contributed by atoms with E-state index in [1.165, 1.54) is 34.4 Å². The van der Waals surface area contributed by atoms with E-state index in [2.05, 4.69) is 31.5 Å². The molecule has 4 aromatic heterocycles. The number of rotatable bonds is 4. The van der Waals surface area contributed by atoms with Crippen LogP contribution < -0.4 is 10.2 Å². The van der Waals surface area contributed by atoms with Crippen molar-refractivity contribution in [3.63, 3.8) is 0 Å². The Morgan fingerprint density at radius 2 is 2.03 bits per heavy atom. The zero-order valence-corrected chi connectivity index (χ0v) is 19.0. The summed E-state index contributed by atoms with van der Waals surface area (Å²) in [6, 6.07) is 0.316. The smallest absolute Gasteiger partial charge is 0.183 e.